The van der Waals surface area contributed by atoms with E-state index in [4.69, 9.17) is 0 Å². The van der Waals surface area contributed by atoms with E-state index < -0.39 is 10.8 Å². The minimum absolute atomic E-state index is 0.842. The Hall–Kier alpha value is -1.48. The fourth-order valence-corrected chi connectivity index (χ4v) is 2.29. The van der Waals surface area contributed by atoms with Gasteiger partial charge in [0.15, 0.2) is 0 Å². The summed E-state index contributed by atoms with van der Waals surface area (Å²) in [5.74, 6) is 0. The van der Waals surface area contributed by atoms with Crippen LogP contribution in [-0.4, -0.2) is 15.4 Å². The van der Waals surface area contributed by atoms with Gasteiger partial charge in [0.2, 0.25) is 0 Å². The summed E-state index contributed by atoms with van der Waals surface area (Å²) in [6.45, 7) is 4.02. The van der Waals surface area contributed by atoms with Crippen LogP contribution in [0.2, 0.25) is 0 Å². The van der Waals surface area contributed by atoms with Gasteiger partial charge in [-0.05, 0) is 43.7 Å². The third-order valence-electron chi connectivity index (χ3n) is 2.71. The third kappa shape index (κ3) is 2.61. The average Bonchev–Trinajstić information content (AvgIpc) is 2.29. The zero-order chi connectivity index (χ0) is 12.4. The van der Waals surface area contributed by atoms with E-state index in [0.717, 1.165) is 27.4 Å². The molecule has 0 saturated heterocycles. The van der Waals surface area contributed by atoms with Crippen molar-refractivity contribution < 1.29 is 4.21 Å². The van der Waals surface area contributed by atoms with Crippen molar-refractivity contribution in [1.82, 2.24) is 4.98 Å². The molecule has 17 heavy (non-hydrogen) atoms. The highest BCUT2D eigenvalue weighted by Gasteiger charge is 2.06. The Bertz CT molecular complexity index is 578. The Morgan fingerprint density at radius 1 is 1.12 bits per heavy atom. The van der Waals surface area contributed by atoms with E-state index in [2.05, 4.69) is 4.98 Å². The minimum atomic E-state index is -0.954. The van der Waals surface area contributed by atoms with Gasteiger partial charge in [-0.3, -0.25) is 9.19 Å². The number of benzene rings is 1. The molecule has 0 fully saturated rings. The molecule has 3 heteroatoms. The van der Waals surface area contributed by atoms with E-state index in [0.29, 0.717) is 0 Å². The Labute approximate surface area is 104 Å². The number of rotatable bonds is 2. The maximum absolute atomic E-state index is 11.5. The van der Waals surface area contributed by atoms with Crippen LogP contribution in [0, 0.1) is 13.8 Å². The van der Waals surface area contributed by atoms with Crippen LogP contribution in [0.5, 0.6) is 0 Å². The molecule has 0 saturated carbocycles. The number of pyridine rings is 1. The molecule has 0 radical (unpaired) electrons. The number of hydrogen-bond donors (Lipinski definition) is 0. The molecule has 2 nitrogen and oxygen atoms in total. The van der Waals surface area contributed by atoms with Crippen LogP contribution in [0.1, 0.15) is 11.3 Å². The van der Waals surface area contributed by atoms with Crippen LogP contribution in [-0.2, 0) is 10.8 Å². The van der Waals surface area contributed by atoms with E-state index in [1.807, 2.05) is 50.2 Å². The second-order valence-electron chi connectivity index (χ2n) is 4.10. The first-order chi connectivity index (χ1) is 8.08. The van der Waals surface area contributed by atoms with E-state index >= 15 is 0 Å². The highest BCUT2D eigenvalue weighted by Crippen LogP contribution is 2.24. The zero-order valence-corrected chi connectivity index (χ0v) is 11.0. The van der Waals surface area contributed by atoms with E-state index in [1.165, 1.54) is 0 Å². The summed E-state index contributed by atoms with van der Waals surface area (Å²) in [6, 6.07) is 11.8. The second-order valence-corrected chi connectivity index (χ2v) is 5.47. The predicted octanol–water partition coefficient (Wildman–Crippen LogP) is 3.10. The van der Waals surface area contributed by atoms with Crippen LogP contribution in [0.15, 0.2) is 41.3 Å². The first-order valence-corrected chi connectivity index (χ1v) is 7.02. The molecule has 0 aliphatic carbocycles. The second kappa shape index (κ2) is 4.80. The summed E-state index contributed by atoms with van der Waals surface area (Å²) in [6.07, 6.45) is 1.69. The van der Waals surface area contributed by atoms with Gasteiger partial charge < -0.3 is 0 Å². The average molecular weight is 245 g/mol. The maximum Gasteiger partial charge on any atom is 0.0708 e. The highest BCUT2D eigenvalue weighted by atomic mass is 32.2. The van der Waals surface area contributed by atoms with E-state index in [1.54, 1.807) is 6.26 Å². The third-order valence-corrected chi connectivity index (χ3v) is 3.62. The summed E-state index contributed by atoms with van der Waals surface area (Å²) in [5, 5.41) is 0. The normalized spacial score (nSPS) is 12.4. The van der Waals surface area contributed by atoms with Gasteiger partial charge in [-0.15, -0.1) is 0 Å². The Morgan fingerprint density at radius 2 is 1.88 bits per heavy atom. The van der Waals surface area contributed by atoms with E-state index in [-0.39, 0.29) is 0 Å². The molecule has 1 aromatic heterocycles. The fraction of sp³-hybridized carbons (Fsp3) is 0.214. The lowest BCUT2D eigenvalue weighted by Crippen LogP contribution is -1.93. The maximum atomic E-state index is 11.5. The van der Waals surface area contributed by atoms with Crippen molar-refractivity contribution in [2.45, 2.75) is 18.7 Å². The van der Waals surface area contributed by atoms with Crippen LogP contribution in [0.3, 0.4) is 0 Å². The molecule has 1 heterocycles. The summed E-state index contributed by atoms with van der Waals surface area (Å²) >= 11 is 0. The van der Waals surface area contributed by atoms with Crippen molar-refractivity contribution in [1.29, 1.82) is 0 Å². The Kier molecular flexibility index (Phi) is 3.38. The van der Waals surface area contributed by atoms with Crippen molar-refractivity contribution >= 4 is 10.8 Å². The summed E-state index contributed by atoms with van der Waals surface area (Å²) in [5.41, 5.74) is 4.14. The molecule has 1 aromatic carbocycles. The standard InChI is InChI=1S/C14H15NOS/c1-10-7-8-12(17(3)16)9-13(10)14-6-4-5-11(2)15-14/h4-9H,1-3H3. The molecule has 2 aromatic rings. The first-order valence-electron chi connectivity index (χ1n) is 5.46. The molecule has 0 aliphatic rings. The molecule has 0 aliphatic heterocycles. The number of hydrogen-bond acceptors (Lipinski definition) is 2. The lowest BCUT2D eigenvalue weighted by Gasteiger charge is -2.07. The lowest BCUT2D eigenvalue weighted by molar-refractivity contribution is 0.687. The molecule has 0 N–H and O–H groups in total. The Morgan fingerprint density at radius 3 is 2.53 bits per heavy atom. The van der Waals surface area contributed by atoms with Crippen LogP contribution < -0.4 is 0 Å². The van der Waals surface area contributed by atoms with Gasteiger partial charge in [0.1, 0.15) is 0 Å². The fourth-order valence-electron chi connectivity index (χ4n) is 1.75. The largest absolute Gasteiger partial charge is 0.255 e. The highest BCUT2D eigenvalue weighted by molar-refractivity contribution is 7.84. The van der Waals surface area contributed by atoms with Gasteiger partial charge in [-0.2, -0.15) is 0 Å². The molecule has 2 rings (SSSR count). The molecule has 0 bridgehead atoms. The van der Waals surface area contributed by atoms with Crippen molar-refractivity contribution in [2.24, 2.45) is 0 Å². The van der Waals surface area contributed by atoms with Crippen LogP contribution >= 0.6 is 0 Å². The summed E-state index contributed by atoms with van der Waals surface area (Å²) in [4.78, 5) is 5.35. The van der Waals surface area contributed by atoms with Crippen LogP contribution in [0.25, 0.3) is 11.3 Å². The Balaban J connectivity index is 2.58. The van der Waals surface area contributed by atoms with Crippen LogP contribution in [0.4, 0.5) is 0 Å². The predicted molar refractivity (Wildman–Crippen MR) is 71.5 cm³/mol. The molecule has 1 unspecified atom stereocenters. The summed E-state index contributed by atoms with van der Waals surface area (Å²) in [7, 11) is -0.954. The van der Waals surface area contributed by atoms with Gasteiger partial charge in [-0.1, -0.05) is 12.1 Å². The topological polar surface area (TPSA) is 30.0 Å². The zero-order valence-electron chi connectivity index (χ0n) is 10.2. The van der Waals surface area contributed by atoms with Crippen molar-refractivity contribution in [3.8, 4) is 11.3 Å². The first kappa shape index (κ1) is 12.0. The number of aryl methyl sites for hydroxylation is 2. The molecular formula is C14H15NOS. The van der Waals surface area contributed by atoms with Gasteiger partial charge in [0.25, 0.3) is 0 Å². The minimum Gasteiger partial charge on any atom is -0.255 e. The van der Waals surface area contributed by atoms with Gasteiger partial charge >= 0.3 is 0 Å². The van der Waals surface area contributed by atoms with E-state index in [9.17, 15) is 4.21 Å². The van der Waals surface area contributed by atoms with Gasteiger partial charge in [0, 0.05) is 33.2 Å². The number of aromatic nitrogens is 1. The lowest BCUT2D eigenvalue weighted by atomic mass is 10.1. The molecule has 0 amide bonds. The SMILES string of the molecule is Cc1cccc(-c2cc(S(C)=O)ccc2C)n1. The van der Waals surface area contributed by atoms with Crippen molar-refractivity contribution in [3.05, 3.63) is 47.7 Å². The van der Waals surface area contributed by atoms with Crippen molar-refractivity contribution in [2.75, 3.05) is 6.26 Å². The molecule has 0 spiro atoms. The number of nitrogens with zero attached hydrogens (tertiary/aromatic N) is 1. The monoisotopic (exact) mass is 245 g/mol. The quantitative estimate of drug-likeness (QED) is 0.813. The molecule has 1 atom stereocenters. The molecular weight excluding hydrogens is 230 g/mol. The summed E-state index contributed by atoms with van der Waals surface area (Å²) < 4.78 is 11.5. The van der Waals surface area contributed by atoms with Crippen molar-refractivity contribution in [3.63, 3.8) is 0 Å². The van der Waals surface area contributed by atoms with Gasteiger partial charge in [0.05, 0.1) is 5.69 Å². The smallest absolute Gasteiger partial charge is 0.0708 e. The molecule has 88 valence electrons. The van der Waals surface area contributed by atoms with Gasteiger partial charge in [-0.25, -0.2) is 0 Å².